The summed E-state index contributed by atoms with van der Waals surface area (Å²) < 4.78 is 43.5. The van der Waals surface area contributed by atoms with Gasteiger partial charge in [-0.2, -0.15) is 8.42 Å². The molecule has 0 spiro atoms. The van der Waals surface area contributed by atoms with Crippen LogP contribution in [-0.4, -0.2) is 20.1 Å². The summed E-state index contributed by atoms with van der Waals surface area (Å²) in [6, 6.07) is 19.3. The minimum atomic E-state index is -4.39. The molecule has 0 bridgehead atoms. The third-order valence-corrected chi connectivity index (χ3v) is 5.12. The lowest BCUT2D eigenvalue weighted by Crippen LogP contribution is -2.01. The first-order chi connectivity index (χ1) is 13.3. The van der Waals surface area contributed by atoms with E-state index in [1.807, 2.05) is 36.4 Å². The molecule has 0 atom stereocenters. The Morgan fingerprint density at radius 2 is 1.43 bits per heavy atom. The Hall–Kier alpha value is -3.09. The van der Waals surface area contributed by atoms with E-state index in [-0.39, 0.29) is 10.6 Å². The number of ether oxygens (including phenoxy) is 2. The molecule has 3 aromatic rings. The number of aryl methyl sites for hydroxylation is 1. The zero-order valence-corrected chi connectivity index (χ0v) is 16.4. The molecular formula is C22H20O5S. The standard InChI is InChI=1S/C22H20O5S/c1-15-4-13-21(22(14-15)28(23,24)25)27-20-11-7-18(8-12-20)16(2)17-5-9-19(26-3)10-6-17/h4-14H,2H2,1,3H3,(H,23,24,25). The van der Waals surface area contributed by atoms with Gasteiger partial charge in [0.15, 0.2) is 0 Å². The first-order valence-electron chi connectivity index (χ1n) is 8.47. The van der Waals surface area contributed by atoms with Gasteiger partial charge in [-0.1, -0.05) is 36.9 Å². The molecule has 0 saturated heterocycles. The Balaban J connectivity index is 1.83. The lowest BCUT2D eigenvalue weighted by molar-refractivity contribution is 0.415. The number of rotatable bonds is 6. The molecule has 0 amide bonds. The summed E-state index contributed by atoms with van der Waals surface area (Å²) in [5.41, 5.74) is 3.40. The highest BCUT2D eigenvalue weighted by atomic mass is 32.2. The van der Waals surface area contributed by atoms with Gasteiger partial charge in [0.1, 0.15) is 22.1 Å². The van der Waals surface area contributed by atoms with Gasteiger partial charge in [-0.3, -0.25) is 4.55 Å². The quantitative estimate of drug-likeness (QED) is 0.587. The fourth-order valence-corrected chi connectivity index (χ4v) is 3.41. The molecule has 6 heteroatoms. The van der Waals surface area contributed by atoms with Gasteiger partial charge < -0.3 is 9.47 Å². The summed E-state index contributed by atoms with van der Waals surface area (Å²) in [5, 5.41) is 0. The molecule has 3 rings (SSSR count). The van der Waals surface area contributed by atoms with Crippen LogP contribution in [0.25, 0.3) is 5.57 Å². The van der Waals surface area contributed by atoms with Crippen molar-refractivity contribution in [3.8, 4) is 17.2 Å². The van der Waals surface area contributed by atoms with Crippen LogP contribution in [0.4, 0.5) is 0 Å². The highest BCUT2D eigenvalue weighted by molar-refractivity contribution is 7.86. The zero-order valence-electron chi connectivity index (χ0n) is 15.5. The Morgan fingerprint density at radius 1 is 0.893 bits per heavy atom. The van der Waals surface area contributed by atoms with E-state index < -0.39 is 10.1 Å². The summed E-state index contributed by atoms with van der Waals surface area (Å²) in [6.07, 6.45) is 0. The number of methoxy groups -OCH3 is 1. The van der Waals surface area contributed by atoms with E-state index >= 15 is 0 Å². The molecule has 0 unspecified atom stereocenters. The average Bonchev–Trinajstić information content (AvgIpc) is 2.68. The van der Waals surface area contributed by atoms with Crippen molar-refractivity contribution in [3.63, 3.8) is 0 Å². The molecular weight excluding hydrogens is 376 g/mol. The lowest BCUT2D eigenvalue weighted by atomic mass is 9.99. The van der Waals surface area contributed by atoms with Crippen molar-refractivity contribution < 1.29 is 22.4 Å². The van der Waals surface area contributed by atoms with Crippen LogP contribution in [-0.2, 0) is 10.1 Å². The highest BCUT2D eigenvalue weighted by Crippen LogP contribution is 2.31. The molecule has 0 aliphatic rings. The third-order valence-electron chi connectivity index (χ3n) is 4.25. The van der Waals surface area contributed by atoms with Crippen LogP contribution in [0.15, 0.2) is 78.2 Å². The fourth-order valence-electron chi connectivity index (χ4n) is 2.71. The van der Waals surface area contributed by atoms with Crippen LogP contribution in [0.2, 0.25) is 0 Å². The minimum Gasteiger partial charge on any atom is -0.497 e. The van der Waals surface area contributed by atoms with Crippen LogP contribution >= 0.6 is 0 Å². The monoisotopic (exact) mass is 396 g/mol. The second-order valence-electron chi connectivity index (χ2n) is 6.26. The number of benzene rings is 3. The van der Waals surface area contributed by atoms with E-state index in [9.17, 15) is 13.0 Å². The van der Waals surface area contributed by atoms with Crippen LogP contribution in [0.1, 0.15) is 16.7 Å². The summed E-state index contributed by atoms with van der Waals surface area (Å²) in [7, 11) is -2.77. The molecule has 0 aliphatic heterocycles. The average molecular weight is 396 g/mol. The highest BCUT2D eigenvalue weighted by Gasteiger charge is 2.17. The van der Waals surface area contributed by atoms with Crippen molar-refractivity contribution >= 4 is 15.7 Å². The molecule has 0 fully saturated rings. The summed E-state index contributed by atoms with van der Waals surface area (Å²) in [5.74, 6) is 1.28. The molecule has 144 valence electrons. The maximum Gasteiger partial charge on any atom is 0.298 e. The molecule has 5 nitrogen and oxygen atoms in total. The molecule has 0 aromatic heterocycles. The van der Waals surface area contributed by atoms with E-state index in [0.29, 0.717) is 11.3 Å². The molecule has 0 heterocycles. The van der Waals surface area contributed by atoms with Crippen LogP contribution < -0.4 is 9.47 Å². The van der Waals surface area contributed by atoms with Gasteiger partial charge >= 0.3 is 0 Å². The van der Waals surface area contributed by atoms with E-state index in [1.54, 1.807) is 32.2 Å². The largest absolute Gasteiger partial charge is 0.497 e. The second kappa shape index (κ2) is 7.88. The second-order valence-corrected chi connectivity index (χ2v) is 7.65. The Bertz CT molecular complexity index is 1100. The van der Waals surface area contributed by atoms with E-state index in [2.05, 4.69) is 6.58 Å². The molecule has 0 radical (unpaired) electrons. The fraction of sp³-hybridized carbons (Fsp3) is 0.0909. The predicted molar refractivity (Wildman–Crippen MR) is 109 cm³/mol. The van der Waals surface area contributed by atoms with Gasteiger partial charge in [0.25, 0.3) is 10.1 Å². The van der Waals surface area contributed by atoms with Gasteiger partial charge in [0.2, 0.25) is 0 Å². The van der Waals surface area contributed by atoms with Crippen molar-refractivity contribution in [1.82, 2.24) is 0 Å². The number of hydrogen-bond acceptors (Lipinski definition) is 4. The maximum atomic E-state index is 11.6. The van der Waals surface area contributed by atoms with Crippen molar-refractivity contribution in [2.75, 3.05) is 7.11 Å². The lowest BCUT2D eigenvalue weighted by Gasteiger charge is -2.12. The molecule has 0 aliphatic carbocycles. The third kappa shape index (κ3) is 4.42. The van der Waals surface area contributed by atoms with Crippen molar-refractivity contribution in [2.45, 2.75) is 11.8 Å². The Morgan fingerprint density at radius 3 is 1.93 bits per heavy atom. The first-order valence-corrected chi connectivity index (χ1v) is 9.92. The van der Waals surface area contributed by atoms with Gasteiger partial charge in [-0.15, -0.1) is 0 Å². The van der Waals surface area contributed by atoms with Gasteiger partial charge in [-0.25, -0.2) is 0 Å². The maximum absolute atomic E-state index is 11.6. The predicted octanol–water partition coefficient (Wildman–Crippen LogP) is 5.10. The van der Waals surface area contributed by atoms with E-state index in [1.165, 1.54) is 12.1 Å². The van der Waals surface area contributed by atoms with E-state index in [4.69, 9.17) is 9.47 Å². The molecule has 0 saturated carbocycles. The molecule has 3 aromatic carbocycles. The van der Waals surface area contributed by atoms with Crippen LogP contribution in [0, 0.1) is 6.92 Å². The minimum absolute atomic E-state index is 0.0647. The van der Waals surface area contributed by atoms with Crippen molar-refractivity contribution in [3.05, 3.63) is 90.0 Å². The zero-order chi connectivity index (χ0) is 20.3. The first kappa shape index (κ1) is 19.7. The van der Waals surface area contributed by atoms with Crippen LogP contribution in [0.3, 0.4) is 0 Å². The van der Waals surface area contributed by atoms with Crippen molar-refractivity contribution in [2.24, 2.45) is 0 Å². The Labute approximate surface area is 164 Å². The molecule has 28 heavy (non-hydrogen) atoms. The van der Waals surface area contributed by atoms with Gasteiger partial charge in [-0.05, 0) is 65.6 Å². The van der Waals surface area contributed by atoms with Gasteiger partial charge in [0, 0.05) is 0 Å². The van der Waals surface area contributed by atoms with E-state index in [0.717, 1.165) is 22.4 Å². The summed E-state index contributed by atoms with van der Waals surface area (Å²) in [6.45, 7) is 5.86. The topological polar surface area (TPSA) is 72.8 Å². The normalized spacial score (nSPS) is 11.1. The summed E-state index contributed by atoms with van der Waals surface area (Å²) >= 11 is 0. The van der Waals surface area contributed by atoms with Crippen molar-refractivity contribution in [1.29, 1.82) is 0 Å². The SMILES string of the molecule is C=C(c1ccc(OC)cc1)c1ccc(Oc2ccc(C)cc2S(=O)(=O)O)cc1. The smallest absolute Gasteiger partial charge is 0.298 e. The summed E-state index contributed by atoms with van der Waals surface area (Å²) in [4.78, 5) is -0.265. The van der Waals surface area contributed by atoms with Crippen LogP contribution in [0.5, 0.6) is 17.2 Å². The Kier molecular flexibility index (Phi) is 5.53. The number of hydrogen-bond donors (Lipinski definition) is 1. The molecule has 1 N–H and O–H groups in total. The van der Waals surface area contributed by atoms with Gasteiger partial charge in [0.05, 0.1) is 7.11 Å².